The molecule has 0 saturated carbocycles. The maximum atomic E-state index is 12.8. The van der Waals surface area contributed by atoms with Crippen molar-refractivity contribution in [1.29, 1.82) is 0 Å². The third-order valence-corrected chi connectivity index (χ3v) is 2.48. The number of hydrogen-bond donors (Lipinski definition) is 2. The van der Waals surface area contributed by atoms with Crippen LogP contribution in [-0.4, -0.2) is 27.2 Å². The number of rotatable bonds is 5. The molecule has 122 valence electrons. The average molecular weight is 324 g/mol. The summed E-state index contributed by atoms with van der Waals surface area (Å²) >= 11 is 0. The van der Waals surface area contributed by atoms with Crippen LogP contribution >= 0.6 is 0 Å². The van der Waals surface area contributed by atoms with Crippen LogP contribution < -0.4 is 10.7 Å². The van der Waals surface area contributed by atoms with Crippen molar-refractivity contribution in [3.8, 4) is 0 Å². The van der Waals surface area contributed by atoms with E-state index in [1.165, 1.54) is 6.21 Å². The van der Waals surface area contributed by atoms with Crippen molar-refractivity contribution in [3.63, 3.8) is 0 Å². The molecule has 9 heteroatoms. The molecule has 2 N–H and O–H groups in total. The number of hydrogen-bond acceptors (Lipinski definition) is 6. The number of aromatic nitrogens is 3. The van der Waals surface area contributed by atoms with E-state index in [2.05, 4.69) is 30.8 Å². The fourth-order valence-electron chi connectivity index (χ4n) is 1.58. The number of hydrazone groups is 1. The lowest BCUT2D eigenvalue weighted by molar-refractivity contribution is -0.144. The summed E-state index contributed by atoms with van der Waals surface area (Å²) in [7, 11) is 0. The summed E-state index contributed by atoms with van der Waals surface area (Å²) < 4.78 is 38.5. The second-order valence-electron chi connectivity index (χ2n) is 4.88. The van der Waals surface area contributed by atoms with Gasteiger partial charge in [0.25, 0.3) is 0 Å². The molecule has 0 spiro atoms. The summed E-state index contributed by atoms with van der Waals surface area (Å²) in [6, 6.07) is 8.94. The summed E-state index contributed by atoms with van der Waals surface area (Å²) in [5, 5.41) is 6.54. The van der Waals surface area contributed by atoms with Gasteiger partial charge in [-0.2, -0.15) is 33.2 Å². The second-order valence-corrected chi connectivity index (χ2v) is 4.88. The Hall–Kier alpha value is -2.71. The van der Waals surface area contributed by atoms with Gasteiger partial charge in [0.1, 0.15) is 0 Å². The van der Waals surface area contributed by atoms with Crippen LogP contribution in [0.5, 0.6) is 0 Å². The van der Waals surface area contributed by atoms with E-state index in [1.807, 2.05) is 18.2 Å². The lowest BCUT2D eigenvalue weighted by atomic mass is 10.2. The van der Waals surface area contributed by atoms with E-state index in [-0.39, 0.29) is 17.9 Å². The minimum absolute atomic E-state index is 0.126. The predicted molar refractivity (Wildman–Crippen MR) is 81.2 cm³/mol. The van der Waals surface area contributed by atoms with Gasteiger partial charge in [-0.1, -0.05) is 30.3 Å². The predicted octanol–water partition coefficient (Wildman–Crippen LogP) is 3.16. The third kappa shape index (κ3) is 5.20. The number of nitrogens with zero attached hydrogens (tertiary/aromatic N) is 4. The lowest BCUT2D eigenvalue weighted by Gasteiger charge is -2.11. The van der Waals surface area contributed by atoms with Crippen molar-refractivity contribution in [2.75, 3.05) is 10.7 Å². The Balaban J connectivity index is 2.21. The van der Waals surface area contributed by atoms with Crippen molar-refractivity contribution in [2.45, 2.75) is 26.1 Å². The summed E-state index contributed by atoms with van der Waals surface area (Å²) in [6.07, 6.45) is -3.22. The molecule has 0 saturated heterocycles. The van der Waals surface area contributed by atoms with E-state index < -0.39 is 12.0 Å². The second kappa shape index (κ2) is 7.03. The molecule has 2 rings (SSSR count). The summed E-state index contributed by atoms with van der Waals surface area (Å²) in [6.45, 7) is 3.52. The van der Waals surface area contributed by atoms with Crippen LogP contribution in [0.2, 0.25) is 0 Å². The van der Waals surface area contributed by atoms with Gasteiger partial charge < -0.3 is 5.32 Å². The minimum atomic E-state index is -4.67. The smallest absolute Gasteiger partial charge is 0.352 e. The van der Waals surface area contributed by atoms with Crippen molar-refractivity contribution in [1.82, 2.24) is 15.0 Å². The van der Waals surface area contributed by atoms with E-state index in [1.54, 1.807) is 26.0 Å². The van der Waals surface area contributed by atoms with E-state index in [0.29, 0.717) is 0 Å². The molecule has 0 fully saturated rings. The summed E-state index contributed by atoms with van der Waals surface area (Å²) in [5.41, 5.74) is 3.17. The van der Waals surface area contributed by atoms with E-state index in [9.17, 15) is 13.2 Å². The van der Waals surface area contributed by atoms with Crippen LogP contribution in [0.4, 0.5) is 25.1 Å². The zero-order chi connectivity index (χ0) is 16.9. The molecular formula is C14H15F3N6. The zero-order valence-electron chi connectivity index (χ0n) is 12.5. The molecule has 1 heterocycles. The van der Waals surface area contributed by atoms with Crippen LogP contribution in [0.25, 0.3) is 0 Å². The van der Waals surface area contributed by atoms with Crippen molar-refractivity contribution in [2.24, 2.45) is 5.10 Å². The number of alkyl halides is 3. The molecule has 1 aromatic heterocycles. The molecule has 2 aromatic rings. The van der Waals surface area contributed by atoms with Crippen LogP contribution in [-0.2, 0) is 6.18 Å². The molecule has 0 aliphatic rings. The maximum absolute atomic E-state index is 12.8. The molecule has 23 heavy (non-hydrogen) atoms. The Bertz CT molecular complexity index is 670. The van der Waals surface area contributed by atoms with E-state index >= 15 is 0 Å². The molecule has 0 atom stereocenters. The SMILES string of the molecule is CC(C)Nc1nc(NN=Cc2ccccc2)nc(C(F)(F)F)n1. The number of benzene rings is 1. The highest BCUT2D eigenvalue weighted by atomic mass is 19.4. The summed E-state index contributed by atoms with van der Waals surface area (Å²) in [5.74, 6) is -1.74. The molecule has 0 radical (unpaired) electrons. The monoisotopic (exact) mass is 324 g/mol. The first kappa shape index (κ1) is 16.7. The first-order valence-corrected chi connectivity index (χ1v) is 6.78. The first-order chi connectivity index (χ1) is 10.8. The highest BCUT2D eigenvalue weighted by molar-refractivity contribution is 5.79. The number of anilines is 2. The van der Waals surface area contributed by atoms with Gasteiger partial charge in [0.2, 0.25) is 17.7 Å². The van der Waals surface area contributed by atoms with Gasteiger partial charge in [-0.05, 0) is 19.4 Å². The zero-order valence-corrected chi connectivity index (χ0v) is 12.5. The Morgan fingerprint density at radius 1 is 1.04 bits per heavy atom. The Labute approximate surface area is 130 Å². The largest absolute Gasteiger partial charge is 0.451 e. The van der Waals surface area contributed by atoms with Crippen molar-refractivity contribution in [3.05, 3.63) is 41.7 Å². The van der Waals surface area contributed by atoms with Gasteiger partial charge in [0.15, 0.2) is 0 Å². The number of halogens is 3. The molecule has 0 aliphatic heterocycles. The number of nitrogens with one attached hydrogen (secondary N) is 2. The van der Waals surface area contributed by atoms with Gasteiger partial charge >= 0.3 is 6.18 Å². The first-order valence-electron chi connectivity index (χ1n) is 6.78. The van der Waals surface area contributed by atoms with Crippen molar-refractivity contribution < 1.29 is 13.2 Å². The van der Waals surface area contributed by atoms with Crippen molar-refractivity contribution >= 4 is 18.1 Å². The lowest BCUT2D eigenvalue weighted by Crippen LogP contribution is -2.19. The topological polar surface area (TPSA) is 75.1 Å². The highest BCUT2D eigenvalue weighted by Gasteiger charge is 2.36. The van der Waals surface area contributed by atoms with Crippen LogP contribution in [0, 0.1) is 0 Å². The van der Waals surface area contributed by atoms with Gasteiger partial charge in [0, 0.05) is 6.04 Å². The fraction of sp³-hybridized carbons (Fsp3) is 0.286. The average Bonchev–Trinajstić information content (AvgIpc) is 2.46. The molecule has 1 aromatic carbocycles. The fourth-order valence-corrected chi connectivity index (χ4v) is 1.58. The molecule has 0 aliphatic carbocycles. The van der Waals surface area contributed by atoms with Crippen LogP contribution in [0.3, 0.4) is 0 Å². The molecule has 0 amide bonds. The van der Waals surface area contributed by atoms with E-state index in [4.69, 9.17) is 0 Å². The maximum Gasteiger partial charge on any atom is 0.451 e. The quantitative estimate of drug-likeness (QED) is 0.653. The molecular weight excluding hydrogens is 309 g/mol. The summed E-state index contributed by atoms with van der Waals surface area (Å²) in [4.78, 5) is 10.6. The van der Waals surface area contributed by atoms with Gasteiger partial charge in [0.05, 0.1) is 6.21 Å². The molecule has 0 unspecified atom stereocenters. The Morgan fingerprint density at radius 2 is 1.70 bits per heavy atom. The minimum Gasteiger partial charge on any atom is -0.352 e. The van der Waals surface area contributed by atoms with Gasteiger partial charge in [-0.25, -0.2) is 5.43 Å². The van der Waals surface area contributed by atoms with Gasteiger partial charge in [-0.3, -0.25) is 0 Å². The normalized spacial score (nSPS) is 11.9. The Kier molecular flexibility index (Phi) is 5.09. The highest BCUT2D eigenvalue weighted by Crippen LogP contribution is 2.27. The van der Waals surface area contributed by atoms with Crippen LogP contribution in [0.15, 0.2) is 35.4 Å². The van der Waals surface area contributed by atoms with Gasteiger partial charge in [-0.15, -0.1) is 0 Å². The third-order valence-electron chi connectivity index (χ3n) is 2.48. The molecule has 0 bridgehead atoms. The van der Waals surface area contributed by atoms with Crippen LogP contribution in [0.1, 0.15) is 25.2 Å². The Morgan fingerprint density at radius 3 is 2.30 bits per heavy atom. The van der Waals surface area contributed by atoms with E-state index in [0.717, 1.165) is 5.56 Å². The standard InChI is InChI=1S/C14H15F3N6/c1-9(2)19-12-20-11(14(15,16)17)21-13(22-12)23-18-8-10-6-4-3-5-7-10/h3-9H,1-2H3,(H2,19,20,21,22,23). The molecule has 6 nitrogen and oxygen atoms in total.